The van der Waals surface area contributed by atoms with E-state index in [4.69, 9.17) is 16.3 Å². The van der Waals surface area contributed by atoms with Gasteiger partial charge >= 0.3 is 12.1 Å². The summed E-state index contributed by atoms with van der Waals surface area (Å²) in [6, 6.07) is 2.67. The van der Waals surface area contributed by atoms with Crippen LogP contribution in [0.25, 0.3) is 11.0 Å². The average Bonchev–Trinajstić information content (AvgIpc) is 2.75. The van der Waals surface area contributed by atoms with Crippen LogP contribution in [0.4, 0.5) is 4.79 Å². The molecule has 0 aliphatic rings. The van der Waals surface area contributed by atoms with Crippen molar-refractivity contribution in [2.45, 2.75) is 26.4 Å². The van der Waals surface area contributed by atoms with Gasteiger partial charge in [-0.15, -0.1) is 0 Å². The van der Waals surface area contributed by atoms with Crippen molar-refractivity contribution >= 4 is 34.7 Å². The SMILES string of the molecule is COC(=O)c1cc2cc(O)c(Cl)nc2n1C(=O)OC(C)(C)C. The molecule has 2 rings (SSSR count). The van der Waals surface area contributed by atoms with Crippen LogP contribution in [0.1, 0.15) is 31.3 Å². The van der Waals surface area contributed by atoms with Gasteiger partial charge in [-0.05, 0) is 32.9 Å². The number of halogens is 1. The number of hydrogen-bond donors (Lipinski definition) is 1. The molecule has 0 fully saturated rings. The molecule has 0 unspecified atom stereocenters. The second-order valence-corrected chi connectivity index (χ2v) is 5.91. The Hall–Kier alpha value is -2.28. The molecule has 0 aliphatic carbocycles. The van der Waals surface area contributed by atoms with Crippen molar-refractivity contribution in [1.29, 1.82) is 0 Å². The first kappa shape index (κ1) is 16.1. The Morgan fingerprint density at radius 3 is 2.50 bits per heavy atom. The summed E-state index contributed by atoms with van der Waals surface area (Å²) in [7, 11) is 1.19. The maximum atomic E-state index is 12.4. The number of aromatic nitrogens is 2. The molecular weight excluding hydrogens is 312 g/mol. The summed E-state index contributed by atoms with van der Waals surface area (Å²) in [5.74, 6) is -0.994. The fourth-order valence-corrected chi connectivity index (χ4v) is 1.98. The van der Waals surface area contributed by atoms with E-state index in [1.54, 1.807) is 20.8 Å². The van der Waals surface area contributed by atoms with Crippen molar-refractivity contribution < 1.29 is 24.2 Å². The van der Waals surface area contributed by atoms with Crippen LogP contribution in [0, 0.1) is 0 Å². The first-order valence-corrected chi connectivity index (χ1v) is 6.74. The van der Waals surface area contributed by atoms with Crippen molar-refractivity contribution in [2.24, 2.45) is 0 Å². The fourth-order valence-electron chi connectivity index (χ4n) is 1.84. The number of ether oxygens (including phenoxy) is 2. The van der Waals surface area contributed by atoms with Gasteiger partial charge in [0.25, 0.3) is 0 Å². The van der Waals surface area contributed by atoms with E-state index in [9.17, 15) is 14.7 Å². The van der Waals surface area contributed by atoms with Crippen LogP contribution in [0.15, 0.2) is 12.1 Å². The van der Waals surface area contributed by atoms with E-state index in [0.717, 1.165) is 4.57 Å². The lowest BCUT2D eigenvalue weighted by molar-refractivity contribution is 0.0489. The number of nitrogens with zero attached hydrogens (tertiary/aromatic N) is 2. The molecule has 8 heteroatoms. The number of methoxy groups -OCH3 is 1. The molecule has 118 valence electrons. The highest BCUT2D eigenvalue weighted by Crippen LogP contribution is 2.29. The van der Waals surface area contributed by atoms with Crippen molar-refractivity contribution in [3.8, 4) is 5.75 Å². The molecule has 2 heterocycles. The monoisotopic (exact) mass is 326 g/mol. The number of fused-ring (bicyclic) bond motifs is 1. The van der Waals surface area contributed by atoms with Gasteiger partial charge in [0.2, 0.25) is 0 Å². The van der Waals surface area contributed by atoms with E-state index in [-0.39, 0.29) is 22.2 Å². The van der Waals surface area contributed by atoms with Crippen LogP contribution in [-0.4, -0.2) is 39.4 Å². The van der Waals surface area contributed by atoms with Gasteiger partial charge in [0, 0.05) is 5.39 Å². The maximum Gasteiger partial charge on any atom is 0.420 e. The molecular formula is C14H15ClN2O5. The Morgan fingerprint density at radius 1 is 1.32 bits per heavy atom. The molecule has 0 saturated carbocycles. The first-order chi connectivity index (χ1) is 10.1. The van der Waals surface area contributed by atoms with Gasteiger partial charge in [0.15, 0.2) is 16.5 Å². The largest absolute Gasteiger partial charge is 0.505 e. The summed E-state index contributed by atoms with van der Waals surface area (Å²) in [5, 5.41) is 9.77. The molecule has 0 aliphatic heterocycles. The average molecular weight is 327 g/mol. The van der Waals surface area contributed by atoms with Crippen molar-refractivity contribution in [2.75, 3.05) is 7.11 Å². The van der Waals surface area contributed by atoms with Gasteiger partial charge in [-0.25, -0.2) is 19.1 Å². The second-order valence-electron chi connectivity index (χ2n) is 5.55. The van der Waals surface area contributed by atoms with E-state index in [1.165, 1.54) is 19.2 Å². The van der Waals surface area contributed by atoms with Crippen LogP contribution >= 0.6 is 11.6 Å². The highest BCUT2D eigenvalue weighted by Gasteiger charge is 2.27. The molecule has 0 saturated heterocycles. The van der Waals surface area contributed by atoms with Crippen LogP contribution in [0.2, 0.25) is 5.15 Å². The zero-order valence-electron chi connectivity index (χ0n) is 12.5. The van der Waals surface area contributed by atoms with Crippen molar-refractivity contribution in [1.82, 2.24) is 9.55 Å². The van der Waals surface area contributed by atoms with Gasteiger partial charge in [-0.3, -0.25) is 0 Å². The quantitative estimate of drug-likeness (QED) is 0.640. The van der Waals surface area contributed by atoms with Crippen LogP contribution in [0.5, 0.6) is 5.75 Å². The third kappa shape index (κ3) is 2.99. The lowest BCUT2D eigenvalue weighted by Gasteiger charge is -2.20. The Balaban J connectivity index is 2.69. The number of esters is 1. The van der Waals surface area contributed by atoms with Gasteiger partial charge in [0.1, 0.15) is 11.3 Å². The third-order valence-electron chi connectivity index (χ3n) is 2.68. The Morgan fingerprint density at radius 2 is 1.95 bits per heavy atom. The second kappa shape index (κ2) is 5.49. The summed E-state index contributed by atoms with van der Waals surface area (Å²) >= 11 is 5.78. The number of carbonyl (C=O) groups is 2. The topological polar surface area (TPSA) is 90.6 Å². The number of rotatable bonds is 1. The molecule has 0 bridgehead atoms. The van der Waals surface area contributed by atoms with Gasteiger partial charge in [-0.1, -0.05) is 11.6 Å². The number of aromatic hydroxyl groups is 1. The summed E-state index contributed by atoms with van der Waals surface area (Å²) in [4.78, 5) is 28.2. The van der Waals surface area contributed by atoms with E-state index < -0.39 is 17.7 Å². The molecule has 0 atom stereocenters. The van der Waals surface area contributed by atoms with Crippen LogP contribution < -0.4 is 0 Å². The molecule has 2 aromatic rings. The molecule has 22 heavy (non-hydrogen) atoms. The smallest absolute Gasteiger partial charge is 0.420 e. The predicted molar refractivity (Wildman–Crippen MR) is 79.4 cm³/mol. The summed E-state index contributed by atoms with van der Waals surface area (Å²) in [6.07, 6.45) is -0.794. The maximum absolute atomic E-state index is 12.4. The fraction of sp³-hybridized carbons (Fsp3) is 0.357. The highest BCUT2D eigenvalue weighted by molar-refractivity contribution is 6.31. The lowest BCUT2D eigenvalue weighted by atomic mass is 10.2. The molecule has 0 spiro atoms. The lowest BCUT2D eigenvalue weighted by Crippen LogP contribution is -2.29. The minimum absolute atomic E-state index is 0.0686. The normalized spacial score (nSPS) is 11.5. The summed E-state index contributed by atoms with van der Waals surface area (Å²) in [5.41, 5.74) is -0.736. The van der Waals surface area contributed by atoms with Crippen molar-refractivity contribution in [3.63, 3.8) is 0 Å². The minimum atomic E-state index is -0.794. The molecule has 0 amide bonds. The Kier molecular flexibility index (Phi) is 4.02. The van der Waals surface area contributed by atoms with Gasteiger partial charge in [0.05, 0.1) is 7.11 Å². The van der Waals surface area contributed by atoms with E-state index in [1.807, 2.05) is 0 Å². The standard InChI is InChI=1S/C14H15ClN2O5/c1-14(2,3)22-13(20)17-8(12(19)21-4)5-7-6-9(18)10(15)16-11(7)17/h5-6,18H,1-4H3. The van der Waals surface area contributed by atoms with E-state index in [2.05, 4.69) is 9.72 Å². The number of hydrogen-bond acceptors (Lipinski definition) is 6. The van der Waals surface area contributed by atoms with Crippen LogP contribution in [0.3, 0.4) is 0 Å². The summed E-state index contributed by atoms with van der Waals surface area (Å²) in [6.45, 7) is 5.09. The number of pyridine rings is 1. The summed E-state index contributed by atoms with van der Waals surface area (Å²) < 4.78 is 10.9. The molecule has 2 aromatic heterocycles. The van der Waals surface area contributed by atoms with E-state index >= 15 is 0 Å². The Bertz CT molecular complexity index is 761. The van der Waals surface area contributed by atoms with Gasteiger partial charge in [-0.2, -0.15) is 0 Å². The van der Waals surface area contributed by atoms with Gasteiger partial charge < -0.3 is 14.6 Å². The predicted octanol–water partition coefficient (Wildman–Crippen LogP) is 2.97. The third-order valence-corrected chi connectivity index (χ3v) is 2.96. The highest BCUT2D eigenvalue weighted by atomic mass is 35.5. The van der Waals surface area contributed by atoms with Crippen molar-refractivity contribution in [3.05, 3.63) is 23.0 Å². The zero-order chi connectivity index (χ0) is 16.7. The number of carbonyl (C=O) groups excluding carboxylic acids is 2. The molecule has 0 radical (unpaired) electrons. The zero-order valence-corrected chi connectivity index (χ0v) is 13.3. The molecule has 1 N–H and O–H groups in total. The molecule has 0 aromatic carbocycles. The van der Waals surface area contributed by atoms with E-state index in [0.29, 0.717) is 5.39 Å². The van der Waals surface area contributed by atoms with Crippen LogP contribution in [-0.2, 0) is 9.47 Å². The minimum Gasteiger partial charge on any atom is -0.505 e. The first-order valence-electron chi connectivity index (χ1n) is 6.36. The molecule has 7 nitrogen and oxygen atoms in total. The Labute approximate surface area is 131 Å².